The number of carbonyl (C=O) groups is 3. The first kappa shape index (κ1) is 69.3. The fourth-order valence-electron chi connectivity index (χ4n) is 10.1. The van der Waals surface area contributed by atoms with Gasteiger partial charge in [0.05, 0.1) is 70.7 Å². The van der Waals surface area contributed by atoms with Gasteiger partial charge in [0.2, 0.25) is 0 Å². The molecule has 0 amide bonds. The number of aliphatic hydroxyl groups is 3. The zero-order valence-electron chi connectivity index (χ0n) is 50.0. The van der Waals surface area contributed by atoms with Crippen LogP contribution in [-0.4, -0.2) is 117 Å². The van der Waals surface area contributed by atoms with Crippen molar-refractivity contribution in [2.24, 2.45) is 0 Å². The Balaban J connectivity index is 0.000000209. The third kappa shape index (κ3) is 18.1. The number of nitrogens with two attached hydrogens (primary N) is 3. The highest BCUT2D eigenvalue weighted by Crippen LogP contribution is 2.39. The van der Waals surface area contributed by atoms with Crippen molar-refractivity contribution in [3.8, 4) is 33.8 Å². The summed E-state index contributed by atoms with van der Waals surface area (Å²) in [5.74, 6) is -4.85. The summed E-state index contributed by atoms with van der Waals surface area (Å²) in [6.07, 6.45) is 0.810. The van der Waals surface area contributed by atoms with Gasteiger partial charge in [0.25, 0.3) is 0 Å². The first-order valence-electron chi connectivity index (χ1n) is 28.6. The third-order valence-electron chi connectivity index (χ3n) is 14.5. The molecular formula is C64H79F6N9O9. The second kappa shape index (κ2) is 28.6. The summed E-state index contributed by atoms with van der Waals surface area (Å²) in [5.41, 5.74) is 18.5. The van der Waals surface area contributed by atoms with Gasteiger partial charge in [-0.1, -0.05) is 25.6 Å². The van der Waals surface area contributed by atoms with Gasteiger partial charge in [-0.15, -0.1) is 0 Å². The number of esters is 3. The average molecular weight is 1230 g/mol. The van der Waals surface area contributed by atoms with Gasteiger partial charge in [-0.25, -0.2) is 70.6 Å². The molecule has 3 saturated carbocycles. The molecular weight excluding hydrogens is 1150 g/mol. The quantitative estimate of drug-likeness (QED) is 0.0445. The van der Waals surface area contributed by atoms with Gasteiger partial charge >= 0.3 is 17.9 Å². The number of alkyl halides is 3. The molecule has 3 aliphatic carbocycles. The zero-order valence-corrected chi connectivity index (χ0v) is 50.0. The molecule has 6 aromatic rings. The van der Waals surface area contributed by atoms with Crippen LogP contribution < -0.4 is 17.2 Å². The highest BCUT2D eigenvalue weighted by atomic mass is 19.2. The van der Waals surface area contributed by atoms with Crippen molar-refractivity contribution in [1.29, 1.82) is 0 Å². The summed E-state index contributed by atoms with van der Waals surface area (Å²) < 4.78 is 101. The molecule has 0 unspecified atom stereocenters. The first-order valence-corrected chi connectivity index (χ1v) is 28.6. The van der Waals surface area contributed by atoms with E-state index in [4.69, 9.17) is 31.4 Å². The van der Waals surface area contributed by atoms with Gasteiger partial charge in [-0.05, 0) is 156 Å². The number of rotatable bonds is 9. The fraction of sp³-hybridized carbons (Fsp3) is 0.484. The number of nitrogen functional groups attached to an aromatic ring is 3. The van der Waals surface area contributed by atoms with Crippen molar-refractivity contribution in [3.63, 3.8) is 0 Å². The minimum atomic E-state index is -1.32. The minimum absolute atomic E-state index is 0. The van der Waals surface area contributed by atoms with Crippen molar-refractivity contribution in [2.75, 3.05) is 17.2 Å². The van der Waals surface area contributed by atoms with E-state index < -0.39 is 89.0 Å². The van der Waals surface area contributed by atoms with E-state index in [1.54, 1.807) is 62.3 Å². The Labute approximate surface area is 508 Å². The van der Waals surface area contributed by atoms with Gasteiger partial charge < -0.3 is 46.7 Å². The Hall–Kier alpha value is -7.83. The topological polar surface area (TPSA) is 295 Å². The van der Waals surface area contributed by atoms with E-state index in [1.165, 1.54) is 55.0 Å². The molecule has 88 heavy (non-hydrogen) atoms. The molecule has 3 aromatic heterocycles. The molecule has 9 rings (SSSR count). The maximum atomic E-state index is 14.6. The number of anilines is 3. The number of aliphatic hydroxyl groups excluding tert-OH is 3. The number of carbonyl (C=O) groups excluding carboxylic acids is 3. The number of aromatic nitrogens is 6. The van der Waals surface area contributed by atoms with Crippen molar-refractivity contribution >= 4 is 35.4 Å². The molecule has 0 aliphatic heterocycles. The lowest BCUT2D eigenvalue weighted by molar-refractivity contribution is 0.00518. The van der Waals surface area contributed by atoms with Crippen LogP contribution in [0.5, 0.6) is 0 Å². The van der Waals surface area contributed by atoms with Crippen LogP contribution in [0.25, 0.3) is 33.8 Å². The molecule has 3 fully saturated rings. The maximum Gasteiger partial charge on any atom is 0.341 e. The molecule has 18 nitrogen and oxygen atoms in total. The van der Waals surface area contributed by atoms with Crippen LogP contribution >= 0.6 is 0 Å². The Bertz CT molecular complexity index is 3100. The van der Waals surface area contributed by atoms with E-state index in [2.05, 4.69) is 29.9 Å². The lowest BCUT2D eigenvalue weighted by Crippen LogP contribution is -2.30. The van der Waals surface area contributed by atoms with Crippen molar-refractivity contribution in [3.05, 3.63) is 124 Å². The molecule has 0 spiro atoms. The molecule has 3 aliphatic rings. The van der Waals surface area contributed by atoms with Gasteiger partial charge in [-0.3, -0.25) is 0 Å². The Morgan fingerprint density at radius 2 is 0.682 bits per heavy atom. The van der Waals surface area contributed by atoms with E-state index in [0.29, 0.717) is 72.3 Å². The largest absolute Gasteiger partial charge is 0.456 e. The molecule has 9 N–H and O–H groups in total. The standard InChI is InChI=1S/3C21H25F2N3O3.CH4/c3*1-21(2,3)29-20(28)13-6-4-12(9-14(13)22)18-19(24)25-10-16(26-18)11-5-7-17(27)15(23)8-11;/h3*4,6,9-11,15,17,27H,5,7-8H2,1-3H3,(H2,24,25);1H4/t3*11-,15-,17+;/m100./s1. The Morgan fingerprint density at radius 1 is 0.443 bits per heavy atom. The summed E-state index contributed by atoms with van der Waals surface area (Å²) in [5, 5.41) is 28.7. The van der Waals surface area contributed by atoms with Crippen molar-refractivity contribution < 1.29 is 70.3 Å². The molecule has 3 heterocycles. The van der Waals surface area contributed by atoms with Crippen molar-refractivity contribution in [1.82, 2.24) is 29.9 Å². The van der Waals surface area contributed by atoms with Crippen LogP contribution in [0, 0.1) is 17.5 Å². The van der Waals surface area contributed by atoms with E-state index in [1.807, 2.05) is 0 Å². The first-order chi connectivity index (χ1) is 40.6. The minimum Gasteiger partial charge on any atom is -0.456 e. The number of ether oxygens (including phenoxy) is 3. The van der Waals surface area contributed by atoms with Crippen LogP contribution in [0.15, 0.2) is 73.2 Å². The summed E-state index contributed by atoms with van der Waals surface area (Å²) in [4.78, 5) is 62.3. The lowest BCUT2D eigenvalue weighted by atomic mass is 9.84. The summed E-state index contributed by atoms with van der Waals surface area (Å²) >= 11 is 0. The lowest BCUT2D eigenvalue weighted by Gasteiger charge is -2.28. The van der Waals surface area contributed by atoms with E-state index in [9.17, 15) is 56.0 Å². The predicted molar refractivity (Wildman–Crippen MR) is 320 cm³/mol. The molecule has 0 saturated heterocycles. The smallest absolute Gasteiger partial charge is 0.341 e. The SMILES string of the molecule is C.CC(C)(C)OC(=O)c1ccc(-c2nc([C@@H]3CC[C@H](O)[C@H](F)C3)cnc2N)cc1F.CC(C)(C)OC(=O)c1ccc(-c2nc([C@H]3CC[C@@H](O)[C@@H](F)C3)cnc2N)cc1F.CC(C)(C)OC(=O)c1ccc(-c2nc([C@H]3CC[C@@H](O)[C@@H](F)C3)cnc2N)cc1F. The number of hydrogen-bond donors (Lipinski definition) is 6. The molecule has 3 aromatic carbocycles. The van der Waals surface area contributed by atoms with Crippen LogP contribution in [-0.2, 0) is 14.2 Å². The van der Waals surface area contributed by atoms with Gasteiger partial charge in [0.15, 0.2) is 0 Å². The molecule has 0 radical (unpaired) electrons. The number of nitrogens with zero attached hydrogens (tertiary/aromatic N) is 6. The third-order valence-corrected chi connectivity index (χ3v) is 14.5. The molecule has 9 atom stereocenters. The molecule has 476 valence electrons. The highest BCUT2D eigenvalue weighted by molar-refractivity contribution is 5.92. The number of benzene rings is 3. The zero-order chi connectivity index (χ0) is 64.0. The normalized spacial score (nSPS) is 22.1. The Kier molecular flexibility index (Phi) is 22.5. The van der Waals surface area contributed by atoms with Crippen LogP contribution in [0.2, 0.25) is 0 Å². The summed E-state index contributed by atoms with van der Waals surface area (Å²) in [6, 6.07) is 12.0. The fourth-order valence-corrected chi connectivity index (χ4v) is 10.1. The number of halogens is 6. The van der Waals surface area contributed by atoms with E-state index in [-0.39, 0.29) is 95.7 Å². The van der Waals surface area contributed by atoms with Gasteiger partial charge in [0.1, 0.15) is 87.3 Å². The summed E-state index contributed by atoms with van der Waals surface area (Å²) in [7, 11) is 0. The van der Waals surface area contributed by atoms with E-state index >= 15 is 0 Å². The maximum absolute atomic E-state index is 14.6. The second-order valence-corrected chi connectivity index (χ2v) is 25.0. The monoisotopic (exact) mass is 1230 g/mol. The average Bonchev–Trinajstić information content (AvgIpc) is 1.00. The highest BCUT2D eigenvalue weighted by Gasteiger charge is 2.35. The predicted octanol–water partition coefficient (Wildman–Crippen LogP) is 12.0. The van der Waals surface area contributed by atoms with Crippen LogP contribution in [0.1, 0.15) is 193 Å². The van der Waals surface area contributed by atoms with Gasteiger partial charge in [0, 0.05) is 34.4 Å². The van der Waals surface area contributed by atoms with Crippen LogP contribution in [0.4, 0.5) is 43.8 Å². The molecule has 24 heteroatoms. The second-order valence-electron chi connectivity index (χ2n) is 25.0. The number of hydrogen-bond acceptors (Lipinski definition) is 18. The van der Waals surface area contributed by atoms with Gasteiger partial charge in [-0.2, -0.15) is 0 Å². The molecule has 0 bridgehead atoms. The van der Waals surface area contributed by atoms with Crippen molar-refractivity contribution in [2.45, 2.75) is 199 Å². The van der Waals surface area contributed by atoms with Crippen LogP contribution in [0.3, 0.4) is 0 Å². The van der Waals surface area contributed by atoms with E-state index in [0.717, 1.165) is 18.2 Å². The Morgan fingerprint density at radius 3 is 0.886 bits per heavy atom. The summed E-state index contributed by atoms with van der Waals surface area (Å²) in [6.45, 7) is 15.3.